The van der Waals surface area contributed by atoms with E-state index in [-0.39, 0.29) is 5.78 Å². The molecule has 1 unspecified atom stereocenters. The summed E-state index contributed by atoms with van der Waals surface area (Å²) in [5.41, 5.74) is 1.25. The molecular weight excluding hydrogens is 314 g/mol. The van der Waals surface area contributed by atoms with Crippen LogP contribution in [-0.2, 0) is 9.53 Å². The Hall–Kier alpha value is -2.20. The minimum Gasteiger partial charge on any atom is -0.385 e. The lowest BCUT2D eigenvalue weighted by molar-refractivity contribution is -0.110. The summed E-state index contributed by atoms with van der Waals surface area (Å²) >= 11 is 0. The summed E-state index contributed by atoms with van der Waals surface area (Å²) in [5, 5.41) is 0. The van der Waals surface area contributed by atoms with Crippen LogP contribution in [0.15, 0.2) is 43.5 Å². The minimum absolute atomic E-state index is 0.150. The van der Waals surface area contributed by atoms with Gasteiger partial charge in [0.05, 0.1) is 0 Å². The van der Waals surface area contributed by atoms with Crippen LogP contribution in [0.5, 0.6) is 0 Å². The van der Waals surface area contributed by atoms with Gasteiger partial charge in [-0.15, -0.1) is 13.2 Å². The fourth-order valence-electron chi connectivity index (χ4n) is 2.62. The summed E-state index contributed by atoms with van der Waals surface area (Å²) in [4.78, 5) is 26.1. The van der Waals surface area contributed by atoms with Crippen molar-refractivity contribution in [3.05, 3.63) is 54.6 Å². The lowest BCUT2D eigenvalue weighted by Gasteiger charge is -2.32. The van der Waals surface area contributed by atoms with E-state index in [0.29, 0.717) is 18.5 Å². The maximum atomic E-state index is 12.6. The molecule has 0 bridgehead atoms. The highest BCUT2D eigenvalue weighted by atomic mass is 16.5. The van der Waals surface area contributed by atoms with Crippen LogP contribution >= 0.6 is 0 Å². The Kier molecular flexibility index (Phi) is 10.4. The van der Waals surface area contributed by atoms with Crippen molar-refractivity contribution in [2.75, 3.05) is 25.2 Å². The molecule has 2 rings (SSSR count). The van der Waals surface area contributed by atoms with E-state index in [2.05, 4.69) is 17.9 Å². The van der Waals surface area contributed by atoms with Crippen LogP contribution in [0.4, 0.5) is 5.69 Å². The van der Waals surface area contributed by atoms with Gasteiger partial charge in [0.25, 0.3) is 0 Å². The summed E-state index contributed by atoms with van der Waals surface area (Å²) in [6.45, 7) is 16.5. The molecule has 0 saturated carbocycles. The third kappa shape index (κ3) is 4.89. The zero-order chi connectivity index (χ0) is 19.5. The Morgan fingerprint density at radius 2 is 1.84 bits per heavy atom. The number of ketones is 1. The number of benzene rings is 1. The van der Waals surface area contributed by atoms with Crippen molar-refractivity contribution >= 4 is 17.8 Å². The first kappa shape index (κ1) is 22.8. The highest BCUT2D eigenvalue weighted by molar-refractivity contribution is 6.22. The Morgan fingerprint density at radius 1 is 1.24 bits per heavy atom. The number of nitrogens with zero attached hydrogens (tertiary/aromatic N) is 1. The number of carbonyl (C=O) groups excluding carboxylic acids is 2. The molecule has 138 valence electrons. The van der Waals surface area contributed by atoms with Crippen molar-refractivity contribution in [3.8, 4) is 0 Å². The predicted molar refractivity (Wildman–Crippen MR) is 106 cm³/mol. The average molecular weight is 345 g/mol. The fraction of sp³-hybridized carbons (Fsp3) is 0.429. The molecule has 4 nitrogen and oxygen atoms in total. The van der Waals surface area contributed by atoms with E-state index < -0.39 is 5.54 Å². The summed E-state index contributed by atoms with van der Waals surface area (Å²) in [6.07, 6.45) is 4.34. The number of carbonyl (C=O) groups is 2. The molecule has 1 heterocycles. The molecule has 1 aromatic rings. The minimum atomic E-state index is -1.16. The van der Waals surface area contributed by atoms with Crippen LogP contribution in [0.3, 0.4) is 0 Å². The highest BCUT2D eigenvalue weighted by Gasteiger charge is 2.50. The van der Waals surface area contributed by atoms with Gasteiger partial charge in [-0.2, -0.15) is 0 Å². The summed E-state index contributed by atoms with van der Waals surface area (Å²) < 4.78 is 4.54. The smallest absolute Gasteiger partial charge is 0.198 e. The molecule has 1 aliphatic heterocycles. The first-order valence-electron chi connectivity index (χ1n) is 8.62. The number of aldehydes is 1. The Morgan fingerprint density at radius 3 is 2.28 bits per heavy atom. The third-order valence-corrected chi connectivity index (χ3v) is 3.81. The van der Waals surface area contributed by atoms with Gasteiger partial charge in [0.15, 0.2) is 17.6 Å². The molecule has 1 atom stereocenters. The molecule has 0 fully saturated rings. The number of fused-ring (bicyclic) bond motifs is 1. The van der Waals surface area contributed by atoms with Crippen molar-refractivity contribution in [3.63, 3.8) is 0 Å². The second-order valence-electron chi connectivity index (χ2n) is 5.36. The molecule has 4 heteroatoms. The van der Waals surface area contributed by atoms with E-state index in [9.17, 15) is 9.59 Å². The fourth-order valence-corrected chi connectivity index (χ4v) is 2.62. The maximum absolute atomic E-state index is 12.6. The number of rotatable bonds is 6. The number of hydrogen-bond donors (Lipinski definition) is 0. The third-order valence-electron chi connectivity index (χ3n) is 3.81. The van der Waals surface area contributed by atoms with Crippen molar-refractivity contribution in [2.45, 2.75) is 39.7 Å². The van der Waals surface area contributed by atoms with E-state index in [1.54, 1.807) is 19.3 Å². The first-order valence-corrected chi connectivity index (χ1v) is 8.62. The lowest BCUT2D eigenvalue weighted by Crippen LogP contribution is -2.51. The second kappa shape index (κ2) is 11.4. The standard InChI is InChI=1S/C16H17NO2.C3H8O.C2H6/c1-4-8-16(11-18)15(19)13-10-12(3)6-7-14(13)17(16)9-5-2;1-3-4-2;1-2/h4-7,10-11H,1-2,8-9H2,3H3;3H2,1-2H3;1-2H3. The number of methoxy groups -OCH3 is 1. The largest absolute Gasteiger partial charge is 0.385 e. The van der Waals surface area contributed by atoms with Gasteiger partial charge < -0.3 is 14.4 Å². The Labute approximate surface area is 152 Å². The molecule has 0 N–H and O–H groups in total. The maximum Gasteiger partial charge on any atom is 0.198 e. The number of aryl methyl sites for hydroxylation is 1. The van der Waals surface area contributed by atoms with Crippen LogP contribution in [-0.4, -0.2) is 37.9 Å². The molecule has 0 radical (unpaired) electrons. The van der Waals surface area contributed by atoms with Crippen molar-refractivity contribution in [1.29, 1.82) is 0 Å². The van der Waals surface area contributed by atoms with E-state index in [1.807, 2.05) is 50.8 Å². The van der Waals surface area contributed by atoms with Crippen LogP contribution in [0.1, 0.15) is 43.1 Å². The normalized spacial score (nSPS) is 17.5. The van der Waals surface area contributed by atoms with Crippen LogP contribution < -0.4 is 4.90 Å². The van der Waals surface area contributed by atoms with Crippen LogP contribution in [0.2, 0.25) is 0 Å². The summed E-state index contributed by atoms with van der Waals surface area (Å²) in [7, 11) is 1.68. The topological polar surface area (TPSA) is 46.6 Å². The van der Waals surface area contributed by atoms with Crippen molar-refractivity contribution in [1.82, 2.24) is 0 Å². The quantitative estimate of drug-likeness (QED) is 0.436. The number of hydrogen-bond acceptors (Lipinski definition) is 4. The molecule has 0 spiro atoms. The predicted octanol–water partition coefficient (Wildman–Crippen LogP) is 4.38. The number of anilines is 1. The zero-order valence-corrected chi connectivity index (χ0v) is 16.2. The first-order chi connectivity index (χ1) is 12.0. The molecule has 0 saturated heterocycles. The Balaban J connectivity index is 0.000000845. The van der Waals surface area contributed by atoms with E-state index in [1.165, 1.54) is 0 Å². The van der Waals surface area contributed by atoms with Gasteiger partial charge in [0, 0.05) is 37.9 Å². The van der Waals surface area contributed by atoms with Gasteiger partial charge in [-0.1, -0.05) is 37.6 Å². The van der Waals surface area contributed by atoms with E-state index >= 15 is 0 Å². The van der Waals surface area contributed by atoms with Crippen LogP contribution in [0.25, 0.3) is 0 Å². The van der Waals surface area contributed by atoms with Crippen LogP contribution in [0, 0.1) is 6.92 Å². The lowest BCUT2D eigenvalue weighted by atomic mass is 9.90. The van der Waals surface area contributed by atoms with Gasteiger partial charge in [0.2, 0.25) is 0 Å². The number of Topliss-reactive ketones (excluding diaryl/α,β-unsaturated/α-hetero) is 1. The molecule has 1 aliphatic rings. The highest BCUT2D eigenvalue weighted by Crippen LogP contribution is 2.40. The summed E-state index contributed by atoms with van der Waals surface area (Å²) in [6, 6.07) is 5.67. The molecule has 0 aromatic heterocycles. The molecule has 0 amide bonds. The molecule has 1 aromatic carbocycles. The van der Waals surface area contributed by atoms with Gasteiger partial charge in [-0.25, -0.2) is 0 Å². The SMILES string of the molecule is C=CCN1c2ccc(C)cc2C(=O)C1(C=O)CC=C.CC.CCOC. The van der Waals surface area contributed by atoms with Gasteiger partial charge >= 0.3 is 0 Å². The van der Waals surface area contributed by atoms with Crippen molar-refractivity contribution in [2.24, 2.45) is 0 Å². The Bertz CT molecular complexity index is 593. The van der Waals surface area contributed by atoms with E-state index in [4.69, 9.17) is 0 Å². The second-order valence-corrected chi connectivity index (χ2v) is 5.36. The zero-order valence-electron chi connectivity index (χ0n) is 16.2. The van der Waals surface area contributed by atoms with Gasteiger partial charge in [-0.3, -0.25) is 4.79 Å². The monoisotopic (exact) mass is 345 g/mol. The van der Waals surface area contributed by atoms with Gasteiger partial charge in [-0.05, 0) is 26.0 Å². The average Bonchev–Trinajstić information content (AvgIpc) is 2.87. The van der Waals surface area contributed by atoms with Crippen molar-refractivity contribution < 1.29 is 14.3 Å². The summed E-state index contributed by atoms with van der Waals surface area (Å²) in [5.74, 6) is -0.150. The molecule has 0 aliphatic carbocycles. The number of ether oxygens (including phenoxy) is 1. The molecule has 25 heavy (non-hydrogen) atoms. The van der Waals surface area contributed by atoms with Gasteiger partial charge in [0.1, 0.15) is 0 Å². The van der Waals surface area contributed by atoms with E-state index in [0.717, 1.165) is 24.1 Å². The molecular formula is C21H31NO3.